The summed E-state index contributed by atoms with van der Waals surface area (Å²) in [4.78, 5) is 11.3. The molecule has 0 atom stereocenters. The van der Waals surface area contributed by atoms with Crippen LogP contribution in [0.3, 0.4) is 0 Å². The van der Waals surface area contributed by atoms with Crippen molar-refractivity contribution in [2.24, 2.45) is 0 Å². The third kappa shape index (κ3) is 4.06. The summed E-state index contributed by atoms with van der Waals surface area (Å²) in [5, 5.41) is 18.0. The second-order valence-electron chi connectivity index (χ2n) is 5.09. The van der Waals surface area contributed by atoms with Crippen LogP contribution in [0.2, 0.25) is 5.02 Å². The molecule has 124 valence electrons. The summed E-state index contributed by atoms with van der Waals surface area (Å²) in [6.07, 6.45) is -3.91. The van der Waals surface area contributed by atoms with Gasteiger partial charge in [0.1, 0.15) is 0 Å². The highest BCUT2D eigenvalue weighted by Gasteiger charge is 2.30. The molecule has 0 aromatic heterocycles. The van der Waals surface area contributed by atoms with Crippen LogP contribution in [-0.2, 0) is 19.0 Å². The van der Waals surface area contributed by atoms with Crippen molar-refractivity contribution in [3.05, 3.63) is 69.2 Å². The number of hydrogen-bond donors (Lipinski definition) is 1. The molecule has 2 aromatic carbocycles. The first kappa shape index (κ1) is 17.8. The number of aromatic carboxylic acids is 1. The van der Waals surface area contributed by atoms with Crippen molar-refractivity contribution in [1.29, 1.82) is 5.26 Å². The zero-order valence-electron chi connectivity index (χ0n) is 12.2. The minimum Gasteiger partial charge on any atom is -0.478 e. The molecule has 0 fully saturated rings. The fraction of sp³-hybridized carbons (Fsp3) is 0.176. The Hall–Kier alpha value is -2.52. The average Bonchev–Trinajstić information content (AvgIpc) is 2.52. The molecule has 0 spiro atoms. The van der Waals surface area contributed by atoms with E-state index in [0.717, 1.165) is 12.1 Å². The van der Waals surface area contributed by atoms with E-state index < -0.39 is 17.7 Å². The van der Waals surface area contributed by atoms with Gasteiger partial charge in [-0.1, -0.05) is 23.7 Å². The van der Waals surface area contributed by atoms with E-state index in [1.807, 2.05) is 6.07 Å². The lowest BCUT2D eigenvalue weighted by molar-refractivity contribution is -0.137. The van der Waals surface area contributed by atoms with Gasteiger partial charge in [-0.25, -0.2) is 4.79 Å². The first-order chi connectivity index (χ1) is 11.2. The van der Waals surface area contributed by atoms with Gasteiger partial charge in [-0.2, -0.15) is 18.4 Å². The predicted molar refractivity (Wildman–Crippen MR) is 82.0 cm³/mol. The highest BCUT2D eigenvalue weighted by atomic mass is 35.5. The van der Waals surface area contributed by atoms with Crippen LogP contribution in [0.5, 0.6) is 0 Å². The Balaban J connectivity index is 2.23. The second kappa shape index (κ2) is 6.93. The van der Waals surface area contributed by atoms with Gasteiger partial charge in [0.25, 0.3) is 0 Å². The normalized spacial score (nSPS) is 11.1. The van der Waals surface area contributed by atoms with Crippen molar-refractivity contribution in [1.82, 2.24) is 0 Å². The molecule has 0 bridgehead atoms. The van der Waals surface area contributed by atoms with Gasteiger partial charge >= 0.3 is 12.1 Å². The topological polar surface area (TPSA) is 61.1 Å². The van der Waals surface area contributed by atoms with Crippen molar-refractivity contribution in [2.45, 2.75) is 19.0 Å². The third-order valence-corrected chi connectivity index (χ3v) is 3.87. The molecule has 0 amide bonds. The monoisotopic (exact) mass is 353 g/mol. The Morgan fingerprint density at radius 3 is 2.29 bits per heavy atom. The lowest BCUT2D eigenvalue weighted by Crippen LogP contribution is -2.06. The summed E-state index contributed by atoms with van der Waals surface area (Å²) in [5.41, 5.74) is 0.365. The summed E-state index contributed by atoms with van der Waals surface area (Å²) in [6, 6.07) is 9.24. The van der Waals surface area contributed by atoms with Crippen LogP contribution in [0, 0.1) is 11.3 Å². The van der Waals surface area contributed by atoms with Crippen LogP contribution in [0.25, 0.3) is 0 Å². The lowest BCUT2D eigenvalue weighted by Gasteiger charge is -2.11. The summed E-state index contributed by atoms with van der Waals surface area (Å²) in [7, 11) is 0. The first-order valence-electron chi connectivity index (χ1n) is 6.84. The number of rotatable bonds is 4. The minimum atomic E-state index is -4.47. The molecule has 7 heteroatoms. The second-order valence-corrected chi connectivity index (χ2v) is 5.50. The fourth-order valence-corrected chi connectivity index (χ4v) is 2.53. The maximum Gasteiger partial charge on any atom is 0.416 e. The Kier molecular flexibility index (Phi) is 5.15. The molecule has 0 saturated carbocycles. The van der Waals surface area contributed by atoms with Crippen molar-refractivity contribution in [2.75, 3.05) is 0 Å². The summed E-state index contributed by atoms with van der Waals surface area (Å²) in [5.74, 6) is -1.17. The number of carboxylic acids is 1. The molecule has 0 radical (unpaired) electrons. The Labute approximate surface area is 140 Å². The predicted octanol–water partition coefficient (Wildman–Crippen LogP) is 4.71. The molecule has 0 aliphatic rings. The van der Waals surface area contributed by atoms with Gasteiger partial charge in [0.2, 0.25) is 0 Å². The third-order valence-electron chi connectivity index (χ3n) is 3.51. The Morgan fingerprint density at radius 1 is 1.12 bits per heavy atom. The number of alkyl halides is 3. The quantitative estimate of drug-likeness (QED) is 0.865. The largest absolute Gasteiger partial charge is 0.478 e. The summed E-state index contributed by atoms with van der Waals surface area (Å²) >= 11 is 5.89. The van der Waals surface area contributed by atoms with Gasteiger partial charge < -0.3 is 5.11 Å². The molecule has 2 aromatic rings. The number of benzene rings is 2. The molecule has 0 heterocycles. The number of carboxylic acid groups (broad SMARTS) is 1. The number of nitrogens with zero attached hydrogens (tertiary/aromatic N) is 1. The highest BCUT2D eigenvalue weighted by Crippen LogP contribution is 2.32. The van der Waals surface area contributed by atoms with Crippen LogP contribution in [-0.4, -0.2) is 11.1 Å². The van der Waals surface area contributed by atoms with Gasteiger partial charge in [-0.05, 0) is 48.2 Å². The van der Waals surface area contributed by atoms with Crippen LogP contribution >= 0.6 is 11.6 Å². The number of halogens is 4. The molecular weight excluding hydrogens is 343 g/mol. The molecule has 0 unspecified atom stereocenters. The molecular formula is C17H11ClF3NO2. The van der Waals surface area contributed by atoms with E-state index in [9.17, 15) is 23.1 Å². The van der Waals surface area contributed by atoms with Crippen LogP contribution in [0.15, 0.2) is 36.4 Å². The molecule has 1 N–H and O–H groups in total. The van der Waals surface area contributed by atoms with Crippen LogP contribution < -0.4 is 0 Å². The van der Waals surface area contributed by atoms with Gasteiger partial charge in [0.05, 0.1) is 22.8 Å². The maximum absolute atomic E-state index is 12.6. The first-order valence-corrected chi connectivity index (χ1v) is 7.22. The van der Waals surface area contributed by atoms with Crippen LogP contribution in [0.4, 0.5) is 13.2 Å². The molecule has 2 rings (SSSR count). The van der Waals surface area contributed by atoms with Crippen LogP contribution in [0.1, 0.15) is 32.6 Å². The van der Waals surface area contributed by atoms with E-state index in [1.54, 1.807) is 0 Å². The van der Waals surface area contributed by atoms with E-state index in [-0.39, 0.29) is 29.0 Å². The van der Waals surface area contributed by atoms with E-state index in [1.165, 1.54) is 24.3 Å². The number of carbonyl (C=O) groups is 1. The van der Waals surface area contributed by atoms with Crippen molar-refractivity contribution in [3.8, 4) is 6.07 Å². The van der Waals surface area contributed by atoms with E-state index in [2.05, 4.69) is 0 Å². The maximum atomic E-state index is 12.6. The SMILES string of the molecule is N#Cc1ccc(CCc2ccc(C(F)(F)F)cc2Cl)c(C(=O)O)c1. The van der Waals surface area contributed by atoms with Gasteiger partial charge in [-0.15, -0.1) is 0 Å². The average molecular weight is 354 g/mol. The Bertz CT molecular complexity index is 826. The van der Waals surface area contributed by atoms with Crippen molar-refractivity contribution >= 4 is 17.6 Å². The molecule has 3 nitrogen and oxygen atoms in total. The smallest absolute Gasteiger partial charge is 0.416 e. The van der Waals surface area contributed by atoms with Crippen molar-refractivity contribution < 1.29 is 23.1 Å². The van der Waals surface area contributed by atoms with E-state index >= 15 is 0 Å². The summed E-state index contributed by atoms with van der Waals surface area (Å²) < 4.78 is 37.8. The van der Waals surface area contributed by atoms with Gasteiger partial charge in [0, 0.05) is 5.02 Å². The van der Waals surface area contributed by atoms with Gasteiger partial charge in [0.15, 0.2) is 0 Å². The standard InChI is InChI=1S/C17H11ClF3NO2/c18-15-8-13(17(19,20)21)6-5-12(15)4-3-11-2-1-10(9-22)7-14(11)16(23)24/h1-2,5-8H,3-4H2,(H,23,24). The molecule has 24 heavy (non-hydrogen) atoms. The fourth-order valence-electron chi connectivity index (χ4n) is 2.26. The van der Waals surface area contributed by atoms with E-state index in [0.29, 0.717) is 11.1 Å². The molecule has 0 saturated heterocycles. The Morgan fingerprint density at radius 2 is 1.75 bits per heavy atom. The molecule has 0 aliphatic heterocycles. The van der Waals surface area contributed by atoms with E-state index in [4.69, 9.17) is 16.9 Å². The molecule has 0 aliphatic carbocycles. The number of nitriles is 1. The zero-order chi connectivity index (χ0) is 17.9. The number of aryl methyl sites for hydroxylation is 2. The minimum absolute atomic E-state index is 0.00270. The van der Waals surface area contributed by atoms with Gasteiger partial charge in [-0.3, -0.25) is 0 Å². The van der Waals surface area contributed by atoms with Crippen molar-refractivity contribution in [3.63, 3.8) is 0 Å². The lowest BCUT2D eigenvalue weighted by atomic mass is 9.97. The number of hydrogen-bond acceptors (Lipinski definition) is 2. The zero-order valence-corrected chi connectivity index (χ0v) is 12.9. The summed E-state index contributed by atoms with van der Waals surface area (Å²) in [6.45, 7) is 0. The highest BCUT2D eigenvalue weighted by molar-refractivity contribution is 6.31.